The van der Waals surface area contributed by atoms with Crippen LogP contribution in [0.4, 0.5) is 0 Å². The van der Waals surface area contributed by atoms with Crippen molar-refractivity contribution >= 4 is 47.0 Å². The van der Waals surface area contributed by atoms with Gasteiger partial charge in [0.25, 0.3) is 0 Å². The van der Waals surface area contributed by atoms with Crippen molar-refractivity contribution in [2.24, 2.45) is 5.92 Å². The van der Waals surface area contributed by atoms with Crippen LogP contribution >= 0.6 is 0 Å². The highest BCUT2D eigenvalue weighted by Crippen LogP contribution is 2.41. The minimum atomic E-state index is -0.403. The summed E-state index contributed by atoms with van der Waals surface area (Å²) in [6.07, 6.45) is 18.5. The van der Waals surface area contributed by atoms with Crippen LogP contribution in [0.2, 0.25) is 0 Å². The van der Waals surface area contributed by atoms with E-state index in [4.69, 9.17) is 18.6 Å². The maximum Gasteiger partial charge on any atom is 0.494 e. The Labute approximate surface area is 306 Å². The van der Waals surface area contributed by atoms with E-state index in [0.717, 1.165) is 10.9 Å². The molecule has 2 aromatic carbocycles. The molecule has 0 bridgehead atoms. The van der Waals surface area contributed by atoms with Gasteiger partial charge in [0, 0.05) is 27.8 Å². The Morgan fingerprint density at radius 2 is 0.880 bits per heavy atom. The topological polar surface area (TPSA) is 41.9 Å². The van der Waals surface area contributed by atoms with Gasteiger partial charge in [-0.25, -0.2) is 0 Å². The van der Waals surface area contributed by atoms with E-state index in [0.29, 0.717) is 12.0 Å². The molecule has 5 nitrogen and oxygen atoms in total. The Balaban J connectivity index is 1.55. The fraction of sp³-hybridized carbons (Fsp3) is 0.721. The molecule has 0 N–H and O–H groups in total. The average Bonchev–Trinajstić information content (AvgIpc) is 3.58. The zero-order chi connectivity index (χ0) is 36.3. The van der Waals surface area contributed by atoms with E-state index < -0.39 is 36.6 Å². The first-order valence-electron chi connectivity index (χ1n) is 20.4. The van der Waals surface area contributed by atoms with Gasteiger partial charge in [-0.2, -0.15) is 0 Å². The first-order valence-corrected chi connectivity index (χ1v) is 20.4. The summed E-state index contributed by atoms with van der Waals surface area (Å²) in [6.45, 7) is 24.2. The van der Waals surface area contributed by atoms with Crippen molar-refractivity contribution in [2.75, 3.05) is 0 Å². The minimum Gasteiger partial charge on any atom is -0.399 e. The third kappa shape index (κ3) is 8.37. The minimum absolute atomic E-state index is 0.390. The molecule has 0 amide bonds. The first-order chi connectivity index (χ1) is 23.6. The van der Waals surface area contributed by atoms with Crippen molar-refractivity contribution < 1.29 is 18.6 Å². The molecular weight excluding hydrogens is 616 g/mol. The molecule has 2 unspecified atom stereocenters. The summed E-state index contributed by atoms with van der Waals surface area (Å²) in [5, 5.41) is 2.51. The van der Waals surface area contributed by atoms with E-state index in [1.807, 2.05) is 0 Å². The van der Waals surface area contributed by atoms with E-state index in [1.54, 1.807) is 0 Å². The number of fused-ring (bicyclic) bond motifs is 3. The second-order valence-electron chi connectivity index (χ2n) is 17.8. The third-order valence-corrected chi connectivity index (χ3v) is 12.8. The number of hydrogen-bond donors (Lipinski definition) is 0. The Kier molecular flexibility index (Phi) is 12.7. The van der Waals surface area contributed by atoms with Crippen molar-refractivity contribution in [3.63, 3.8) is 0 Å². The number of rotatable bonds is 18. The van der Waals surface area contributed by atoms with Crippen LogP contribution in [0.15, 0.2) is 36.4 Å². The molecule has 5 rings (SSSR count). The van der Waals surface area contributed by atoms with Crippen LogP contribution in [0.1, 0.15) is 172 Å². The normalized spacial score (nSPS) is 20.7. The second kappa shape index (κ2) is 16.1. The van der Waals surface area contributed by atoms with Crippen LogP contribution in [0, 0.1) is 5.92 Å². The smallest absolute Gasteiger partial charge is 0.399 e. The maximum atomic E-state index is 6.56. The number of benzene rings is 2. The van der Waals surface area contributed by atoms with Gasteiger partial charge in [-0.1, -0.05) is 122 Å². The second-order valence-corrected chi connectivity index (χ2v) is 17.8. The molecule has 50 heavy (non-hydrogen) atoms. The fourth-order valence-corrected chi connectivity index (χ4v) is 7.94. The molecular formula is C43H69B2NO4. The summed E-state index contributed by atoms with van der Waals surface area (Å²) in [5.74, 6) is 0.584. The summed E-state index contributed by atoms with van der Waals surface area (Å²) >= 11 is 0. The van der Waals surface area contributed by atoms with Gasteiger partial charge < -0.3 is 23.2 Å². The molecule has 2 fully saturated rings. The Hall–Kier alpha value is -1.79. The van der Waals surface area contributed by atoms with Gasteiger partial charge in [0.05, 0.1) is 22.4 Å². The van der Waals surface area contributed by atoms with Gasteiger partial charge in [0.1, 0.15) is 0 Å². The lowest BCUT2D eigenvalue weighted by Crippen LogP contribution is -2.41. The van der Waals surface area contributed by atoms with Crippen LogP contribution < -0.4 is 10.9 Å². The lowest BCUT2D eigenvalue weighted by Gasteiger charge is -2.32. The van der Waals surface area contributed by atoms with E-state index in [-0.39, 0.29) is 0 Å². The zero-order valence-corrected chi connectivity index (χ0v) is 33.8. The predicted molar refractivity (Wildman–Crippen MR) is 215 cm³/mol. The van der Waals surface area contributed by atoms with Crippen molar-refractivity contribution in [2.45, 2.75) is 194 Å². The highest BCUT2D eigenvalue weighted by atomic mass is 16.7. The van der Waals surface area contributed by atoms with Crippen LogP contribution in [0.3, 0.4) is 0 Å². The van der Waals surface area contributed by atoms with Crippen molar-refractivity contribution in [1.82, 2.24) is 4.57 Å². The van der Waals surface area contributed by atoms with Crippen LogP contribution in [-0.4, -0.2) is 41.2 Å². The average molecular weight is 686 g/mol. The molecule has 7 heteroatoms. The van der Waals surface area contributed by atoms with E-state index in [9.17, 15) is 0 Å². The monoisotopic (exact) mass is 686 g/mol. The lowest BCUT2D eigenvalue weighted by molar-refractivity contribution is 0.00578. The van der Waals surface area contributed by atoms with Gasteiger partial charge in [-0.05, 0) is 97.2 Å². The highest BCUT2D eigenvalue weighted by molar-refractivity contribution is 6.63. The largest absolute Gasteiger partial charge is 0.494 e. The molecule has 3 heterocycles. The van der Waals surface area contributed by atoms with E-state index in [2.05, 4.69) is 117 Å². The van der Waals surface area contributed by atoms with E-state index >= 15 is 0 Å². The van der Waals surface area contributed by atoms with Gasteiger partial charge in [0.2, 0.25) is 0 Å². The summed E-state index contributed by atoms with van der Waals surface area (Å²) < 4.78 is 28.9. The molecule has 276 valence electrons. The Morgan fingerprint density at radius 1 is 0.520 bits per heavy atom. The van der Waals surface area contributed by atoms with Gasteiger partial charge >= 0.3 is 14.2 Å². The van der Waals surface area contributed by atoms with Crippen LogP contribution in [0.25, 0.3) is 21.8 Å². The first kappa shape index (κ1) is 39.4. The molecule has 2 aliphatic heterocycles. The molecule has 1 aromatic heterocycles. The number of aromatic nitrogens is 1. The Bertz CT molecular complexity index is 1430. The zero-order valence-electron chi connectivity index (χ0n) is 33.8. The molecule has 3 aromatic rings. The molecule has 0 radical (unpaired) electrons. The molecule has 2 atom stereocenters. The molecule has 2 saturated heterocycles. The van der Waals surface area contributed by atoms with Crippen molar-refractivity contribution in [3.8, 4) is 0 Å². The van der Waals surface area contributed by atoms with Gasteiger partial charge in [-0.15, -0.1) is 0 Å². The molecule has 0 aliphatic carbocycles. The maximum absolute atomic E-state index is 6.56. The molecule has 0 spiro atoms. The summed E-state index contributed by atoms with van der Waals surface area (Å²) in [5.41, 5.74) is 3.19. The third-order valence-electron chi connectivity index (χ3n) is 12.8. The SMILES string of the molecule is CCCCCCCCCC(C(C)CCCCCCC)n1c2ccc(B3OC(C)(C)C(C)(C)O3)cc2c2cc(B3OC(C)(C)C(C)(C)O3)ccc21. The van der Waals surface area contributed by atoms with Gasteiger partial charge in [-0.3, -0.25) is 0 Å². The highest BCUT2D eigenvalue weighted by Gasteiger charge is 2.53. The molecule has 0 saturated carbocycles. The number of hydrogen-bond acceptors (Lipinski definition) is 4. The summed E-state index contributed by atoms with van der Waals surface area (Å²) in [6, 6.07) is 14.3. The summed E-state index contributed by atoms with van der Waals surface area (Å²) in [4.78, 5) is 0. The van der Waals surface area contributed by atoms with Crippen molar-refractivity contribution in [3.05, 3.63) is 36.4 Å². The Morgan fingerprint density at radius 3 is 1.28 bits per heavy atom. The van der Waals surface area contributed by atoms with Crippen LogP contribution in [-0.2, 0) is 18.6 Å². The van der Waals surface area contributed by atoms with Crippen LogP contribution in [0.5, 0.6) is 0 Å². The standard InChI is InChI=1S/C43H69B2NO4/c1-12-14-16-18-19-21-23-25-37(32(3)24-22-20-17-15-13-2)46-38-28-26-33(44-47-40(4,5)41(6,7)48-44)30-35(38)36-31-34(27-29-39(36)46)45-49-42(8,9)43(10,11)50-45/h26-32,37H,12-25H2,1-11H3. The predicted octanol–water partition coefficient (Wildman–Crippen LogP) is 11.1. The summed E-state index contributed by atoms with van der Waals surface area (Å²) in [7, 11) is -0.806. The van der Waals surface area contributed by atoms with Crippen molar-refractivity contribution in [1.29, 1.82) is 0 Å². The number of unbranched alkanes of at least 4 members (excludes halogenated alkanes) is 10. The quantitative estimate of drug-likeness (QED) is 0.0987. The van der Waals surface area contributed by atoms with E-state index in [1.165, 1.54) is 112 Å². The van der Waals surface area contributed by atoms with Gasteiger partial charge in [0.15, 0.2) is 0 Å². The number of nitrogens with zero attached hydrogens (tertiary/aromatic N) is 1. The lowest BCUT2D eigenvalue weighted by atomic mass is 9.77. The molecule has 2 aliphatic rings. The fourth-order valence-electron chi connectivity index (χ4n) is 7.94.